The van der Waals surface area contributed by atoms with Crippen molar-refractivity contribution in [2.24, 2.45) is 0 Å². The average molecular weight is 496 g/mol. The van der Waals surface area contributed by atoms with Crippen LogP contribution in [0.15, 0.2) is 78.0 Å². The first-order valence-electron chi connectivity index (χ1n) is 11.5. The molecule has 0 saturated heterocycles. The molecule has 180 valence electrons. The number of amides is 1. The van der Waals surface area contributed by atoms with Gasteiger partial charge in [0.25, 0.3) is 0 Å². The van der Waals surface area contributed by atoms with Crippen molar-refractivity contribution in [2.45, 2.75) is 43.2 Å². The summed E-state index contributed by atoms with van der Waals surface area (Å²) in [5, 5.41) is 3.65. The Balaban J connectivity index is 1.38. The van der Waals surface area contributed by atoms with Gasteiger partial charge in [0.2, 0.25) is 5.91 Å². The molecule has 0 bridgehead atoms. The number of carbonyl (C=O) groups is 1. The number of imidazole rings is 1. The van der Waals surface area contributed by atoms with E-state index in [2.05, 4.69) is 22.4 Å². The molecule has 1 aliphatic rings. The molecule has 8 heteroatoms. The van der Waals surface area contributed by atoms with Crippen molar-refractivity contribution in [2.75, 3.05) is 5.75 Å². The molecule has 1 heterocycles. The van der Waals surface area contributed by atoms with E-state index in [4.69, 9.17) is 0 Å². The van der Waals surface area contributed by atoms with E-state index in [-0.39, 0.29) is 23.2 Å². The second-order valence-electron chi connectivity index (χ2n) is 8.67. The Morgan fingerprint density at radius 2 is 1.83 bits per heavy atom. The summed E-state index contributed by atoms with van der Waals surface area (Å²) in [7, 11) is 0. The van der Waals surface area contributed by atoms with E-state index in [1.807, 2.05) is 47.0 Å². The lowest BCUT2D eigenvalue weighted by Gasteiger charge is -2.26. The second kappa shape index (κ2) is 9.77. The van der Waals surface area contributed by atoms with Gasteiger partial charge in [0.05, 0.1) is 34.9 Å². The number of benzene rings is 3. The molecule has 1 atom stereocenters. The van der Waals surface area contributed by atoms with Gasteiger partial charge in [-0.15, -0.1) is 0 Å². The van der Waals surface area contributed by atoms with Crippen LogP contribution in [-0.2, 0) is 23.9 Å². The minimum absolute atomic E-state index is 0.0227. The zero-order valence-corrected chi connectivity index (χ0v) is 19.7. The van der Waals surface area contributed by atoms with E-state index in [1.165, 1.54) is 23.4 Å². The maximum Gasteiger partial charge on any atom is 0.416 e. The molecular formula is C27H24F3N3OS. The first-order valence-corrected chi connectivity index (χ1v) is 12.5. The van der Waals surface area contributed by atoms with Crippen molar-refractivity contribution in [3.8, 4) is 0 Å². The first-order chi connectivity index (χ1) is 16.9. The molecule has 1 aromatic heterocycles. The van der Waals surface area contributed by atoms with Crippen molar-refractivity contribution in [1.29, 1.82) is 0 Å². The molecule has 0 aliphatic heterocycles. The first kappa shape index (κ1) is 23.5. The van der Waals surface area contributed by atoms with E-state index >= 15 is 0 Å². The molecule has 3 aromatic carbocycles. The number of aromatic nitrogens is 2. The molecule has 1 N–H and O–H groups in total. The Bertz CT molecular complexity index is 1350. The van der Waals surface area contributed by atoms with Crippen molar-refractivity contribution in [1.82, 2.24) is 14.9 Å². The van der Waals surface area contributed by atoms with Crippen LogP contribution in [0.3, 0.4) is 0 Å². The highest BCUT2D eigenvalue weighted by molar-refractivity contribution is 7.99. The Labute approximate surface area is 205 Å². The number of nitrogens with one attached hydrogen (secondary N) is 1. The Hall–Kier alpha value is -3.26. The fourth-order valence-corrected chi connectivity index (χ4v) is 5.41. The summed E-state index contributed by atoms with van der Waals surface area (Å²) >= 11 is 1.24. The Morgan fingerprint density at radius 1 is 1.06 bits per heavy atom. The van der Waals surface area contributed by atoms with Gasteiger partial charge < -0.3 is 9.88 Å². The minimum atomic E-state index is -4.44. The number of rotatable bonds is 6. The van der Waals surface area contributed by atoms with E-state index in [9.17, 15) is 18.0 Å². The molecule has 5 rings (SSSR count). The van der Waals surface area contributed by atoms with Crippen LogP contribution in [0, 0.1) is 0 Å². The molecule has 0 radical (unpaired) electrons. The smallest absolute Gasteiger partial charge is 0.349 e. The predicted molar refractivity (Wildman–Crippen MR) is 131 cm³/mol. The lowest BCUT2D eigenvalue weighted by Crippen LogP contribution is -2.32. The van der Waals surface area contributed by atoms with E-state index in [0.29, 0.717) is 17.2 Å². The summed E-state index contributed by atoms with van der Waals surface area (Å²) in [5.41, 5.74) is 3.55. The largest absolute Gasteiger partial charge is 0.416 e. The van der Waals surface area contributed by atoms with Crippen LogP contribution in [0.5, 0.6) is 0 Å². The lowest BCUT2D eigenvalue weighted by atomic mass is 9.88. The van der Waals surface area contributed by atoms with E-state index in [0.717, 1.165) is 42.5 Å². The third-order valence-corrected chi connectivity index (χ3v) is 7.24. The maximum atomic E-state index is 13.3. The lowest BCUT2D eigenvalue weighted by molar-refractivity contribution is -0.137. The molecule has 0 saturated carbocycles. The van der Waals surface area contributed by atoms with Crippen molar-refractivity contribution >= 4 is 28.7 Å². The second-order valence-corrected chi connectivity index (χ2v) is 9.61. The summed E-state index contributed by atoms with van der Waals surface area (Å²) in [6, 6.07) is 21.4. The average Bonchev–Trinajstić information content (AvgIpc) is 3.19. The summed E-state index contributed by atoms with van der Waals surface area (Å²) in [6.45, 7) is 0.447. The van der Waals surface area contributed by atoms with E-state index in [1.54, 1.807) is 0 Å². The number of alkyl halides is 3. The predicted octanol–water partition coefficient (Wildman–Crippen LogP) is 6.39. The van der Waals surface area contributed by atoms with Gasteiger partial charge in [-0.1, -0.05) is 66.4 Å². The standard InChI is InChI=1S/C27H24F3N3OS/c28-27(29,30)20-13-14-24-23(15-20)32-26(33(24)16-18-7-2-1-3-8-18)35-17-25(34)31-22-12-6-10-19-9-4-5-11-21(19)22/h1-5,7-9,11,13-15,22H,6,10,12,16-17H2,(H,31,34)/t22-/m1/s1. The van der Waals surface area contributed by atoms with E-state index < -0.39 is 11.7 Å². The highest BCUT2D eigenvalue weighted by Crippen LogP contribution is 2.34. The van der Waals surface area contributed by atoms with Crippen LogP contribution in [0.25, 0.3) is 11.0 Å². The number of thioether (sulfide) groups is 1. The molecule has 4 nitrogen and oxygen atoms in total. The zero-order valence-electron chi connectivity index (χ0n) is 18.9. The number of carbonyl (C=O) groups excluding carboxylic acids is 1. The molecule has 0 spiro atoms. The van der Waals surface area contributed by atoms with Gasteiger partial charge >= 0.3 is 6.18 Å². The molecule has 4 aromatic rings. The third-order valence-electron chi connectivity index (χ3n) is 6.26. The van der Waals surface area contributed by atoms with Gasteiger partial charge in [0, 0.05) is 0 Å². The molecule has 1 amide bonds. The van der Waals surface area contributed by atoms with Gasteiger partial charge in [0.1, 0.15) is 0 Å². The van der Waals surface area contributed by atoms with Crippen LogP contribution in [0.4, 0.5) is 13.2 Å². The topological polar surface area (TPSA) is 46.9 Å². The minimum Gasteiger partial charge on any atom is -0.349 e. The van der Waals surface area contributed by atoms with Crippen LogP contribution in [0.1, 0.15) is 41.1 Å². The molecule has 0 unspecified atom stereocenters. The summed E-state index contributed by atoms with van der Waals surface area (Å²) in [6.07, 6.45) is -1.52. The zero-order chi connectivity index (χ0) is 24.4. The number of fused-ring (bicyclic) bond motifs is 2. The van der Waals surface area contributed by atoms with Gasteiger partial charge in [-0.05, 0) is 54.2 Å². The van der Waals surface area contributed by atoms with Crippen molar-refractivity contribution in [3.05, 3.63) is 95.1 Å². The SMILES string of the molecule is O=C(CSc1nc2cc(C(F)(F)F)ccc2n1Cc1ccccc1)N[C@@H]1CCCc2ccccc21. The van der Waals surface area contributed by atoms with Crippen LogP contribution >= 0.6 is 11.8 Å². The Kier molecular flexibility index (Phi) is 6.56. The highest BCUT2D eigenvalue weighted by Gasteiger charge is 2.31. The summed E-state index contributed by atoms with van der Waals surface area (Å²) in [5.74, 6) is 0.00844. The molecule has 1 aliphatic carbocycles. The third kappa shape index (κ3) is 5.22. The Morgan fingerprint density at radius 3 is 2.63 bits per heavy atom. The number of hydrogen-bond acceptors (Lipinski definition) is 3. The summed E-state index contributed by atoms with van der Waals surface area (Å²) in [4.78, 5) is 17.3. The number of aryl methyl sites for hydroxylation is 1. The van der Waals surface area contributed by atoms with Crippen LogP contribution in [0.2, 0.25) is 0 Å². The quantitative estimate of drug-likeness (QED) is 0.315. The van der Waals surface area contributed by atoms with Gasteiger partial charge in [-0.2, -0.15) is 13.2 Å². The molecule has 35 heavy (non-hydrogen) atoms. The highest BCUT2D eigenvalue weighted by atomic mass is 32.2. The van der Waals surface area contributed by atoms with Crippen molar-refractivity contribution in [3.63, 3.8) is 0 Å². The summed E-state index contributed by atoms with van der Waals surface area (Å²) < 4.78 is 41.7. The van der Waals surface area contributed by atoms with Gasteiger partial charge in [0.15, 0.2) is 5.16 Å². The van der Waals surface area contributed by atoms with Crippen molar-refractivity contribution < 1.29 is 18.0 Å². The van der Waals surface area contributed by atoms with Gasteiger partial charge in [-0.3, -0.25) is 4.79 Å². The monoisotopic (exact) mass is 495 g/mol. The number of nitrogens with zero attached hydrogens (tertiary/aromatic N) is 2. The van der Waals surface area contributed by atoms with Crippen LogP contribution in [-0.4, -0.2) is 21.2 Å². The number of halogens is 3. The van der Waals surface area contributed by atoms with Crippen LogP contribution < -0.4 is 5.32 Å². The normalized spacial score (nSPS) is 15.7. The molecule has 0 fully saturated rings. The molecular weight excluding hydrogens is 471 g/mol. The fourth-order valence-electron chi connectivity index (χ4n) is 4.58. The fraction of sp³-hybridized carbons (Fsp3) is 0.259. The van der Waals surface area contributed by atoms with Gasteiger partial charge in [-0.25, -0.2) is 4.98 Å². The maximum absolute atomic E-state index is 13.3. The number of hydrogen-bond donors (Lipinski definition) is 1.